The predicted molar refractivity (Wildman–Crippen MR) is 81.0 cm³/mol. The SMILES string of the molecule is CCCNCC1O[C@@H](n2cnc3c(N)ccnc32)[C@H](O)[C@@H]1O. The lowest BCUT2D eigenvalue weighted by Crippen LogP contribution is -2.37. The maximum absolute atomic E-state index is 10.3. The van der Waals surface area contributed by atoms with Crippen LogP contribution in [0.25, 0.3) is 11.2 Å². The molecule has 0 bridgehead atoms. The van der Waals surface area contributed by atoms with Crippen LogP contribution in [0.15, 0.2) is 18.6 Å². The van der Waals surface area contributed by atoms with Gasteiger partial charge in [0, 0.05) is 12.7 Å². The molecular weight excluding hydrogens is 286 g/mol. The summed E-state index contributed by atoms with van der Waals surface area (Å²) < 4.78 is 7.42. The van der Waals surface area contributed by atoms with Gasteiger partial charge in [-0.3, -0.25) is 4.57 Å². The summed E-state index contributed by atoms with van der Waals surface area (Å²) in [7, 11) is 0. The Bertz CT molecular complexity index is 646. The Morgan fingerprint density at radius 3 is 2.95 bits per heavy atom. The minimum absolute atomic E-state index is 0.477. The van der Waals surface area contributed by atoms with Crippen molar-refractivity contribution in [1.29, 1.82) is 0 Å². The van der Waals surface area contributed by atoms with Gasteiger partial charge in [-0.25, -0.2) is 9.97 Å². The zero-order valence-corrected chi connectivity index (χ0v) is 12.4. The largest absolute Gasteiger partial charge is 0.397 e. The molecule has 1 saturated heterocycles. The minimum atomic E-state index is -1.05. The van der Waals surface area contributed by atoms with E-state index >= 15 is 0 Å². The normalized spacial score (nSPS) is 28.5. The molecule has 1 aliphatic heterocycles. The molecule has 1 unspecified atom stereocenters. The first-order valence-corrected chi connectivity index (χ1v) is 7.42. The molecule has 5 N–H and O–H groups in total. The van der Waals surface area contributed by atoms with Gasteiger partial charge in [-0.1, -0.05) is 6.92 Å². The Hall–Kier alpha value is -1.74. The number of nitrogens with zero attached hydrogens (tertiary/aromatic N) is 3. The molecule has 0 amide bonds. The van der Waals surface area contributed by atoms with Crippen LogP contribution >= 0.6 is 0 Å². The standard InChI is InChI=1S/C14H21N5O3/c1-2-4-16-6-9-11(20)12(21)14(22-9)19-7-18-10-8(15)3-5-17-13(10)19/h3,5,7,9,11-12,14,16,20-21H,2,4,6H2,1H3,(H2,15,17)/t9?,11-,12-,14-/m1/s1. The van der Waals surface area contributed by atoms with E-state index in [0.29, 0.717) is 23.4 Å². The highest BCUT2D eigenvalue weighted by molar-refractivity contribution is 5.83. The van der Waals surface area contributed by atoms with Crippen molar-refractivity contribution < 1.29 is 14.9 Å². The lowest BCUT2D eigenvalue weighted by molar-refractivity contribution is -0.0341. The molecule has 0 radical (unpaired) electrons. The monoisotopic (exact) mass is 307 g/mol. The lowest BCUT2D eigenvalue weighted by Gasteiger charge is -2.16. The van der Waals surface area contributed by atoms with Crippen LogP contribution in [0.4, 0.5) is 5.69 Å². The summed E-state index contributed by atoms with van der Waals surface area (Å²) in [5.74, 6) is 0. The van der Waals surface area contributed by atoms with E-state index in [2.05, 4.69) is 22.2 Å². The van der Waals surface area contributed by atoms with Gasteiger partial charge in [0.05, 0.1) is 12.0 Å². The lowest BCUT2D eigenvalue weighted by atomic mass is 10.1. The number of nitrogens with one attached hydrogen (secondary N) is 1. The molecule has 22 heavy (non-hydrogen) atoms. The highest BCUT2D eigenvalue weighted by atomic mass is 16.6. The zero-order chi connectivity index (χ0) is 15.7. The second-order valence-corrected chi connectivity index (χ2v) is 5.47. The van der Waals surface area contributed by atoms with Crippen molar-refractivity contribution in [2.45, 2.75) is 37.9 Å². The molecule has 0 saturated carbocycles. The van der Waals surface area contributed by atoms with Crippen LogP contribution in [0, 0.1) is 0 Å². The van der Waals surface area contributed by atoms with Crippen LogP contribution in [-0.2, 0) is 4.74 Å². The quantitative estimate of drug-likeness (QED) is 0.557. The average molecular weight is 307 g/mol. The summed E-state index contributed by atoms with van der Waals surface area (Å²) in [6, 6.07) is 1.66. The van der Waals surface area contributed by atoms with Crippen LogP contribution in [0.5, 0.6) is 0 Å². The highest BCUT2D eigenvalue weighted by Crippen LogP contribution is 2.31. The van der Waals surface area contributed by atoms with E-state index in [1.807, 2.05) is 0 Å². The van der Waals surface area contributed by atoms with Crippen molar-refractivity contribution >= 4 is 16.9 Å². The minimum Gasteiger partial charge on any atom is -0.397 e. The van der Waals surface area contributed by atoms with Gasteiger partial charge in [-0.15, -0.1) is 0 Å². The van der Waals surface area contributed by atoms with Crippen LogP contribution < -0.4 is 11.1 Å². The van der Waals surface area contributed by atoms with E-state index in [1.165, 1.54) is 6.33 Å². The molecule has 8 nitrogen and oxygen atoms in total. The molecule has 4 atom stereocenters. The molecule has 2 aromatic heterocycles. The number of nitrogens with two attached hydrogens (primary N) is 1. The number of hydrogen-bond acceptors (Lipinski definition) is 7. The summed E-state index contributed by atoms with van der Waals surface area (Å²) in [6.07, 6.45) is 0.865. The second kappa shape index (κ2) is 6.17. The molecule has 0 spiro atoms. The Morgan fingerprint density at radius 2 is 2.18 bits per heavy atom. The number of aromatic nitrogens is 3. The Balaban J connectivity index is 1.83. The average Bonchev–Trinajstić information content (AvgIpc) is 3.05. The maximum atomic E-state index is 10.3. The number of aliphatic hydroxyl groups is 2. The molecule has 120 valence electrons. The van der Waals surface area contributed by atoms with E-state index < -0.39 is 24.5 Å². The van der Waals surface area contributed by atoms with Crippen LogP contribution in [0.2, 0.25) is 0 Å². The number of rotatable bonds is 5. The fourth-order valence-electron chi connectivity index (χ4n) is 2.69. The number of fused-ring (bicyclic) bond motifs is 1. The molecule has 8 heteroatoms. The second-order valence-electron chi connectivity index (χ2n) is 5.47. The van der Waals surface area contributed by atoms with Gasteiger partial charge in [-0.05, 0) is 19.0 Å². The van der Waals surface area contributed by atoms with Crippen LogP contribution in [0.3, 0.4) is 0 Å². The number of aliphatic hydroxyl groups excluding tert-OH is 2. The maximum Gasteiger partial charge on any atom is 0.165 e. The van der Waals surface area contributed by atoms with E-state index in [1.54, 1.807) is 16.8 Å². The van der Waals surface area contributed by atoms with Gasteiger partial charge in [0.2, 0.25) is 0 Å². The third kappa shape index (κ3) is 2.54. The summed E-state index contributed by atoms with van der Waals surface area (Å²) in [6.45, 7) is 3.37. The molecular formula is C14H21N5O3. The summed E-state index contributed by atoms with van der Waals surface area (Å²) in [5.41, 5.74) is 7.45. The van der Waals surface area contributed by atoms with Crippen LogP contribution in [0.1, 0.15) is 19.6 Å². The summed E-state index contributed by atoms with van der Waals surface area (Å²) in [4.78, 5) is 8.45. The van der Waals surface area contributed by atoms with Gasteiger partial charge in [0.1, 0.15) is 23.8 Å². The number of nitrogen functional groups attached to an aromatic ring is 1. The first kappa shape index (κ1) is 15.2. The highest BCUT2D eigenvalue weighted by Gasteiger charge is 2.43. The fourth-order valence-corrected chi connectivity index (χ4v) is 2.69. The van der Waals surface area contributed by atoms with Gasteiger partial charge in [0.25, 0.3) is 0 Å². The van der Waals surface area contributed by atoms with E-state index in [4.69, 9.17) is 10.5 Å². The van der Waals surface area contributed by atoms with Crippen molar-refractivity contribution in [3.05, 3.63) is 18.6 Å². The van der Waals surface area contributed by atoms with Gasteiger partial charge < -0.3 is 26.0 Å². The Labute approximate surface area is 127 Å². The van der Waals surface area contributed by atoms with Crippen molar-refractivity contribution in [3.63, 3.8) is 0 Å². The molecule has 3 rings (SSSR count). The summed E-state index contributed by atoms with van der Waals surface area (Å²) >= 11 is 0. The molecule has 1 fully saturated rings. The van der Waals surface area contributed by atoms with E-state index in [9.17, 15) is 10.2 Å². The Morgan fingerprint density at radius 1 is 1.36 bits per heavy atom. The van der Waals surface area contributed by atoms with Crippen LogP contribution in [-0.4, -0.2) is 56.1 Å². The van der Waals surface area contributed by atoms with Crippen molar-refractivity contribution in [3.8, 4) is 0 Å². The Kier molecular flexibility index (Phi) is 4.25. The molecule has 0 aromatic carbocycles. The number of imidazole rings is 1. The smallest absolute Gasteiger partial charge is 0.165 e. The number of hydrogen-bond donors (Lipinski definition) is 4. The van der Waals surface area contributed by atoms with Crippen molar-refractivity contribution in [1.82, 2.24) is 19.9 Å². The number of ether oxygens (including phenoxy) is 1. The fraction of sp³-hybridized carbons (Fsp3) is 0.571. The topological polar surface area (TPSA) is 118 Å². The van der Waals surface area contributed by atoms with Gasteiger partial charge in [-0.2, -0.15) is 0 Å². The third-order valence-corrected chi connectivity index (χ3v) is 3.88. The summed E-state index contributed by atoms with van der Waals surface area (Å²) in [5, 5.41) is 23.6. The van der Waals surface area contributed by atoms with Crippen molar-refractivity contribution in [2.24, 2.45) is 0 Å². The first-order valence-electron chi connectivity index (χ1n) is 7.42. The number of anilines is 1. The van der Waals surface area contributed by atoms with Gasteiger partial charge >= 0.3 is 0 Å². The molecule has 2 aromatic rings. The van der Waals surface area contributed by atoms with E-state index in [-0.39, 0.29) is 0 Å². The molecule has 0 aliphatic carbocycles. The molecule has 1 aliphatic rings. The predicted octanol–water partition coefficient (Wildman–Crippen LogP) is -0.368. The van der Waals surface area contributed by atoms with Crippen molar-refractivity contribution in [2.75, 3.05) is 18.8 Å². The zero-order valence-electron chi connectivity index (χ0n) is 12.4. The van der Waals surface area contributed by atoms with E-state index in [0.717, 1.165) is 13.0 Å². The first-order chi connectivity index (χ1) is 10.6. The number of pyridine rings is 1. The molecule has 3 heterocycles. The van der Waals surface area contributed by atoms with Gasteiger partial charge in [0.15, 0.2) is 11.9 Å². The third-order valence-electron chi connectivity index (χ3n) is 3.88.